The molecule has 5 nitrogen and oxygen atoms in total. The Kier molecular flexibility index (Phi) is 4.40. The van der Waals surface area contributed by atoms with Crippen molar-refractivity contribution in [1.29, 1.82) is 0 Å². The first-order valence-electron chi connectivity index (χ1n) is 8.81. The number of hydrogen-bond donors (Lipinski definition) is 1. The molecule has 0 saturated heterocycles. The monoisotopic (exact) mass is 382 g/mol. The second-order valence-corrected chi connectivity index (χ2v) is 7.35. The predicted octanol–water partition coefficient (Wildman–Crippen LogP) is 3.89. The van der Waals surface area contributed by atoms with Gasteiger partial charge in [0, 0.05) is 52.3 Å². The molecule has 0 radical (unpaired) electrons. The highest BCUT2D eigenvalue weighted by molar-refractivity contribution is 6.30. The van der Waals surface area contributed by atoms with Crippen molar-refractivity contribution in [2.24, 2.45) is 0 Å². The normalized spacial score (nSPS) is 13.6. The third-order valence-corrected chi connectivity index (χ3v) is 5.30. The lowest BCUT2D eigenvalue weighted by Crippen LogP contribution is -2.36. The number of aliphatic carboxylic acids is 1. The highest BCUT2D eigenvalue weighted by Gasteiger charge is 2.27. The standard InChI is InChI=1S/C21H19ClN2O3/c1-13-5-6-18-16(9-13)17-11-23(8-7-19(17)24(18)12-20(25)26)21(27)14-3-2-4-15(22)10-14/h2-6,9-10H,7-8,11-12H2,1H3,(H,25,26). The fourth-order valence-electron chi connectivity index (χ4n) is 3.86. The van der Waals surface area contributed by atoms with Crippen LogP contribution < -0.4 is 0 Å². The lowest BCUT2D eigenvalue weighted by molar-refractivity contribution is -0.137. The Hall–Kier alpha value is -2.79. The average Bonchev–Trinajstić information content (AvgIpc) is 2.93. The van der Waals surface area contributed by atoms with Gasteiger partial charge >= 0.3 is 5.97 Å². The smallest absolute Gasteiger partial charge is 0.323 e. The zero-order valence-corrected chi connectivity index (χ0v) is 15.7. The first kappa shape index (κ1) is 17.6. The number of hydrogen-bond acceptors (Lipinski definition) is 2. The van der Waals surface area contributed by atoms with Crippen molar-refractivity contribution in [3.05, 3.63) is 69.9 Å². The highest BCUT2D eigenvalue weighted by Crippen LogP contribution is 2.32. The van der Waals surface area contributed by atoms with Gasteiger partial charge in [-0.2, -0.15) is 0 Å². The van der Waals surface area contributed by atoms with E-state index in [4.69, 9.17) is 11.6 Å². The van der Waals surface area contributed by atoms with Crippen LogP contribution in [0.5, 0.6) is 0 Å². The molecular weight excluding hydrogens is 364 g/mol. The van der Waals surface area contributed by atoms with E-state index >= 15 is 0 Å². The molecule has 2 aromatic carbocycles. The molecule has 138 valence electrons. The van der Waals surface area contributed by atoms with Gasteiger partial charge in [-0.25, -0.2) is 0 Å². The number of halogens is 1. The van der Waals surface area contributed by atoms with Crippen LogP contribution in [0.25, 0.3) is 10.9 Å². The van der Waals surface area contributed by atoms with E-state index in [0.29, 0.717) is 30.1 Å². The summed E-state index contributed by atoms with van der Waals surface area (Å²) in [6.07, 6.45) is 0.628. The fourth-order valence-corrected chi connectivity index (χ4v) is 4.05. The maximum atomic E-state index is 12.9. The Morgan fingerprint density at radius 2 is 2.00 bits per heavy atom. The number of aryl methyl sites for hydroxylation is 1. The minimum absolute atomic E-state index is 0.0602. The minimum Gasteiger partial charge on any atom is -0.480 e. The molecule has 1 amide bonds. The molecule has 0 aliphatic carbocycles. The van der Waals surface area contributed by atoms with Crippen LogP contribution in [0, 0.1) is 6.92 Å². The fraction of sp³-hybridized carbons (Fsp3) is 0.238. The summed E-state index contributed by atoms with van der Waals surface area (Å²) in [4.78, 5) is 26.1. The summed E-state index contributed by atoms with van der Waals surface area (Å²) in [7, 11) is 0. The Morgan fingerprint density at radius 1 is 1.19 bits per heavy atom. The van der Waals surface area contributed by atoms with E-state index < -0.39 is 5.97 Å². The van der Waals surface area contributed by atoms with Gasteiger partial charge in [0.2, 0.25) is 0 Å². The summed E-state index contributed by atoms with van der Waals surface area (Å²) < 4.78 is 1.87. The van der Waals surface area contributed by atoms with Gasteiger partial charge in [0.05, 0.1) is 0 Å². The molecule has 0 spiro atoms. The molecule has 4 rings (SSSR count). The molecule has 3 aromatic rings. The van der Waals surface area contributed by atoms with Crippen LogP contribution in [-0.2, 0) is 24.3 Å². The second-order valence-electron chi connectivity index (χ2n) is 6.91. The topological polar surface area (TPSA) is 62.5 Å². The van der Waals surface area contributed by atoms with Gasteiger partial charge < -0.3 is 14.6 Å². The summed E-state index contributed by atoms with van der Waals surface area (Å²) in [5.74, 6) is -0.928. The summed E-state index contributed by atoms with van der Waals surface area (Å²) in [5, 5.41) is 10.9. The summed E-state index contributed by atoms with van der Waals surface area (Å²) in [6.45, 7) is 2.95. The molecule has 0 unspecified atom stereocenters. The molecule has 1 N–H and O–H groups in total. The third-order valence-electron chi connectivity index (χ3n) is 5.06. The molecular formula is C21H19ClN2O3. The van der Waals surface area contributed by atoms with Gasteiger partial charge in [0.25, 0.3) is 5.91 Å². The number of carbonyl (C=O) groups excluding carboxylic acids is 1. The SMILES string of the molecule is Cc1ccc2c(c1)c1c(n2CC(=O)O)CCN(C(=O)c2cccc(Cl)c2)C1. The van der Waals surface area contributed by atoms with Crippen molar-refractivity contribution in [2.75, 3.05) is 6.54 Å². The Labute approximate surface area is 161 Å². The molecule has 1 aromatic heterocycles. The van der Waals surface area contributed by atoms with Gasteiger partial charge in [0.15, 0.2) is 0 Å². The van der Waals surface area contributed by atoms with Gasteiger partial charge in [0.1, 0.15) is 6.54 Å². The number of carboxylic acid groups (broad SMARTS) is 1. The maximum Gasteiger partial charge on any atom is 0.323 e. The number of fused-ring (bicyclic) bond motifs is 3. The number of aromatic nitrogens is 1. The van der Waals surface area contributed by atoms with Gasteiger partial charge in [-0.1, -0.05) is 29.3 Å². The summed E-state index contributed by atoms with van der Waals surface area (Å²) in [6, 6.07) is 13.0. The van der Waals surface area contributed by atoms with Crippen LogP contribution in [0.15, 0.2) is 42.5 Å². The van der Waals surface area contributed by atoms with E-state index in [-0.39, 0.29) is 12.5 Å². The minimum atomic E-state index is -0.868. The van der Waals surface area contributed by atoms with E-state index in [2.05, 4.69) is 6.07 Å². The summed E-state index contributed by atoms with van der Waals surface area (Å²) in [5.41, 5.74) is 4.63. The van der Waals surface area contributed by atoms with Gasteiger partial charge in [-0.3, -0.25) is 9.59 Å². The molecule has 1 aliphatic heterocycles. The zero-order valence-electron chi connectivity index (χ0n) is 14.9. The Morgan fingerprint density at radius 3 is 2.74 bits per heavy atom. The van der Waals surface area contributed by atoms with Crippen molar-refractivity contribution in [1.82, 2.24) is 9.47 Å². The van der Waals surface area contributed by atoms with E-state index in [9.17, 15) is 14.7 Å². The van der Waals surface area contributed by atoms with E-state index in [0.717, 1.165) is 27.7 Å². The number of benzene rings is 2. The molecule has 0 saturated carbocycles. The van der Waals surface area contributed by atoms with E-state index in [1.165, 1.54) is 0 Å². The van der Waals surface area contributed by atoms with Crippen molar-refractivity contribution in [3.63, 3.8) is 0 Å². The van der Waals surface area contributed by atoms with Gasteiger partial charge in [-0.05, 0) is 37.3 Å². The number of carbonyl (C=O) groups is 2. The van der Waals surface area contributed by atoms with Crippen molar-refractivity contribution >= 4 is 34.4 Å². The molecule has 27 heavy (non-hydrogen) atoms. The lowest BCUT2D eigenvalue weighted by atomic mass is 10.0. The van der Waals surface area contributed by atoms with Crippen LogP contribution in [0.3, 0.4) is 0 Å². The van der Waals surface area contributed by atoms with Crippen LogP contribution >= 0.6 is 11.6 Å². The molecule has 0 atom stereocenters. The largest absolute Gasteiger partial charge is 0.480 e. The average molecular weight is 383 g/mol. The lowest BCUT2D eigenvalue weighted by Gasteiger charge is -2.28. The number of rotatable bonds is 3. The van der Waals surface area contributed by atoms with Crippen molar-refractivity contribution < 1.29 is 14.7 Å². The van der Waals surface area contributed by atoms with E-state index in [1.54, 1.807) is 29.2 Å². The van der Waals surface area contributed by atoms with Crippen LogP contribution in [0.4, 0.5) is 0 Å². The first-order chi connectivity index (χ1) is 12.9. The Bertz CT molecular complexity index is 1070. The van der Waals surface area contributed by atoms with Crippen molar-refractivity contribution in [2.45, 2.75) is 26.4 Å². The number of carboxylic acids is 1. The van der Waals surface area contributed by atoms with Gasteiger partial charge in [-0.15, -0.1) is 0 Å². The van der Waals surface area contributed by atoms with Crippen molar-refractivity contribution in [3.8, 4) is 0 Å². The first-order valence-corrected chi connectivity index (χ1v) is 9.19. The van der Waals surface area contributed by atoms with Crippen LogP contribution in [-0.4, -0.2) is 33.0 Å². The number of nitrogens with zero attached hydrogens (tertiary/aromatic N) is 2. The zero-order chi connectivity index (χ0) is 19.1. The second kappa shape index (κ2) is 6.74. The van der Waals surface area contributed by atoms with E-state index in [1.807, 2.05) is 23.6 Å². The molecule has 6 heteroatoms. The third kappa shape index (κ3) is 3.19. The highest BCUT2D eigenvalue weighted by atomic mass is 35.5. The number of amides is 1. The van der Waals surface area contributed by atoms with Crippen LogP contribution in [0.2, 0.25) is 5.02 Å². The summed E-state index contributed by atoms with van der Waals surface area (Å²) >= 11 is 6.03. The predicted molar refractivity (Wildman–Crippen MR) is 104 cm³/mol. The molecule has 1 aliphatic rings. The molecule has 2 heterocycles. The molecule has 0 fully saturated rings. The Balaban J connectivity index is 1.76. The quantitative estimate of drug-likeness (QED) is 0.747. The molecule has 0 bridgehead atoms. The maximum absolute atomic E-state index is 12.9. The van der Waals surface area contributed by atoms with Crippen LogP contribution in [0.1, 0.15) is 27.2 Å².